The molecule has 0 aliphatic carbocycles. The molecule has 0 N–H and O–H groups in total. The summed E-state index contributed by atoms with van der Waals surface area (Å²) in [5.41, 5.74) is 0.0230. The fourth-order valence-electron chi connectivity index (χ4n) is 2.37. The summed E-state index contributed by atoms with van der Waals surface area (Å²) >= 11 is 0. The van der Waals surface area contributed by atoms with E-state index >= 15 is 0 Å². The second-order valence-electron chi connectivity index (χ2n) is 8.45. The minimum Gasteiger partial charge on any atom is -0.443 e. The van der Waals surface area contributed by atoms with E-state index < -0.39 is 0 Å². The van der Waals surface area contributed by atoms with Crippen LogP contribution in [0.15, 0.2) is 44.2 Å². The van der Waals surface area contributed by atoms with Gasteiger partial charge in [0.2, 0.25) is 17.7 Å². The van der Waals surface area contributed by atoms with Gasteiger partial charge in [-0.25, -0.2) is 4.98 Å². The van der Waals surface area contributed by atoms with Gasteiger partial charge in [-0.2, -0.15) is 0 Å². The number of aryl methyl sites for hydroxylation is 2. The van der Waals surface area contributed by atoms with E-state index in [2.05, 4.69) is 15.2 Å². The lowest BCUT2D eigenvalue weighted by Gasteiger charge is -2.08. The van der Waals surface area contributed by atoms with Crippen LogP contribution < -0.4 is 5.56 Å². The third-order valence-electron chi connectivity index (χ3n) is 4.00. The SMILES string of the molecule is C.CC(C)OCCn1ccccc1=O.Cc1cnc(COC(C)C)o1.Cc1nnc(COC(C)C)o1. The Labute approximate surface area is 215 Å². The van der Waals surface area contributed by atoms with Crippen molar-refractivity contribution in [2.45, 2.75) is 101 Å². The van der Waals surface area contributed by atoms with Crippen molar-refractivity contribution in [1.29, 1.82) is 0 Å². The first-order valence-corrected chi connectivity index (χ1v) is 11.8. The fourth-order valence-corrected chi connectivity index (χ4v) is 2.37. The maximum Gasteiger partial charge on any atom is 0.250 e. The largest absolute Gasteiger partial charge is 0.443 e. The highest BCUT2D eigenvalue weighted by Crippen LogP contribution is 2.04. The second kappa shape index (κ2) is 18.4. The average molecular weight is 509 g/mol. The minimum absolute atomic E-state index is 0. The average Bonchev–Trinajstić information content (AvgIpc) is 3.40. The molecule has 0 bridgehead atoms. The smallest absolute Gasteiger partial charge is 0.250 e. The van der Waals surface area contributed by atoms with Gasteiger partial charge in [0.15, 0.2) is 0 Å². The van der Waals surface area contributed by atoms with Gasteiger partial charge >= 0.3 is 0 Å². The molecular formula is C26H44N4O6. The zero-order valence-electron chi connectivity index (χ0n) is 22.2. The molecule has 10 nitrogen and oxygen atoms in total. The second-order valence-corrected chi connectivity index (χ2v) is 8.45. The van der Waals surface area contributed by atoms with Gasteiger partial charge in [0.25, 0.3) is 5.56 Å². The molecule has 0 amide bonds. The Morgan fingerprint density at radius 2 is 1.47 bits per heavy atom. The topological polar surface area (TPSA) is 115 Å². The summed E-state index contributed by atoms with van der Waals surface area (Å²) in [5, 5.41) is 7.44. The lowest BCUT2D eigenvalue weighted by molar-refractivity contribution is 0.0512. The van der Waals surface area contributed by atoms with Gasteiger partial charge in [-0.1, -0.05) is 13.5 Å². The van der Waals surface area contributed by atoms with E-state index in [-0.39, 0.29) is 31.3 Å². The number of oxazole rings is 1. The van der Waals surface area contributed by atoms with Crippen LogP contribution in [0.1, 0.15) is 72.4 Å². The summed E-state index contributed by atoms with van der Waals surface area (Å²) in [6.45, 7) is 17.5. The first-order valence-electron chi connectivity index (χ1n) is 11.8. The summed E-state index contributed by atoms with van der Waals surface area (Å²) in [6, 6.07) is 5.13. The zero-order valence-corrected chi connectivity index (χ0v) is 22.2. The van der Waals surface area contributed by atoms with Crippen LogP contribution in [-0.4, -0.2) is 44.7 Å². The van der Waals surface area contributed by atoms with Gasteiger partial charge in [0, 0.05) is 25.7 Å². The minimum atomic E-state index is 0. The van der Waals surface area contributed by atoms with Crippen molar-refractivity contribution < 1.29 is 23.0 Å². The van der Waals surface area contributed by atoms with E-state index in [1.54, 1.807) is 36.0 Å². The summed E-state index contributed by atoms with van der Waals surface area (Å²) in [7, 11) is 0. The standard InChI is InChI=1S/C10H15NO2.C8H13NO2.C7H12N2O2.CH4/c1-9(2)13-8-7-11-6-4-3-5-10(11)12;1-6(2)10-5-8-9-4-7(3)11-8;1-5(2)10-4-7-9-8-6(3)11-7;/h3-6,9H,7-8H2,1-2H3;4,6H,5H2,1-3H3;5H,4H2,1-3H3;1H4. The van der Waals surface area contributed by atoms with Gasteiger partial charge in [-0.15, -0.1) is 10.2 Å². The molecule has 0 aromatic carbocycles. The lowest BCUT2D eigenvalue weighted by atomic mass is 10.4. The van der Waals surface area contributed by atoms with Crippen LogP contribution in [0.4, 0.5) is 0 Å². The number of pyridine rings is 1. The molecule has 3 aromatic rings. The van der Waals surface area contributed by atoms with Gasteiger partial charge in [0.1, 0.15) is 19.0 Å². The highest BCUT2D eigenvalue weighted by atomic mass is 16.5. The molecule has 0 radical (unpaired) electrons. The summed E-state index contributed by atoms with van der Waals surface area (Å²) < 4.78 is 27.8. The van der Waals surface area contributed by atoms with Gasteiger partial charge in [-0.3, -0.25) is 4.79 Å². The van der Waals surface area contributed by atoms with E-state index in [4.69, 9.17) is 23.0 Å². The molecule has 0 unspecified atom stereocenters. The predicted molar refractivity (Wildman–Crippen MR) is 139 cm³/mol. The van der Waals surface area contributed by atoms with Crippen LogP contribution in [0.25, 0.3) is 0 Å². The Hall–Kier alpha value is -2.82. The molecule has 0 aliphatic heterocycles. The van der Waals surface area contributed by atoms with Crippen LogP contribution in [0.3, 0.4) is 0 Å². The maximum atomic E-state index is 11.2. The van der Waals surface area contributed by atoms with Crippen molar-refractivity contribution in [3.05, 3.63) is 64.4 Å². The van der Waals surface area contributed by atoms with Gasteiger partial charge < -0.3 is 27.6 Å². The van der Waals surface area contributed by atoms with Crippen LogP contribution in [-0.2, 0) is 34.0 Å². The Morgan fingerprint density at radius 3 is 1.94 bits per heavy atom. The van der Waals surface area contributed by atoms with E-state index in [9.17, 15) is 4.79 Å². The van der Waals surface area contributed by atoms with Crippen molar-refractivity contribution in [2.75, 3.05) is 6.61 Å². The number of hydrogen-bond acceptors (Lipinski definition) is 9. The molecule has 0 spiro atoms. The lowest BCUT2D eigenvalue weighted by Crippen LogP contribution is -2.21. The van der Waals surface area contributed by atoms with E-state index in [1.165, 1.54) is 0 Å². The van der Waals surface area contributed by atoms with Crippen LogP contribution in [0.2, 0.25) is 0 Å². The first kappa shape index (κ1) is 33.2. The van der Waals surface area contributed by atoms with E-state index in [0.29, 0.717) is 44.0 Å². The Morgan fingerprint density at radius 1 is 0.861 bits per heavy atom. The Kier molecular flexibility index (Phi) is 17.0. The Balaban J connectivity index is 0.000000506. The molecule has 36 heavy (non-hydrogen) atoms. The molecule has 0 saturated heterocycles. The number of rotatable bonds is 10. The van der Waals surface area contributed by atoms with Gasteiger partial charge in [0.05, 0.1) is 31.1 Å². The van der Waals surface area contributed by atoms with E-state index in [0.717, 1.165) is 5.76 Å². The third kappa shape index (κ3) is 16.0. The molecule has 0 fully saturated rings. The molecule has 3 rings (SSSR count). The Bertz CT molecular complexity index is 946. The highest BCUT2D eigenvalue weighted by Gasteiger charge is 2.03. The highest BCUT2D eigenvalue weighted by molar-refractivity contribution is 4.93. The molecule has 3 heterocycles. The third-order valence-corrected chi connectivity index (χ3v) is 4.00. The van der Waals surface area contributed by atoms with E-state index in [1.807, 2.05) is 54.5 Å². The van der Waals surface area contributed by atoms with Crippen molar-refractivity contribution in [3.8, 4) is 0 Å². The molecular weight excluding hydrogens is 464 g/mol. The molecule has 10 heteroatoms. The summed E-state index contributed by atoms with van der Waals surface area (Å²) in [6.07, 6.45) is 4.11. The normalized spacial score (nSPS) is 10.5. The molecule has 204 valence electrons. The first-order chi connectivity index (χ1) is 16.6. The summed E-state index contributed by atoms with van der Waals surface area (Å²) in [5.74, 6) is 2.59. The van der Waals surface area contributed by atoms with Crippen LogP contribution in [0.5, 0.6) is 0 Å². The van der Waals surface area contributed by atoms with Crippen molar-refractivity contribution >= 4 is 0 Å². The summed E-state index contributed by atoms with van der Waals surface area (Å²) in [4.78, 5) is 15.2. The quantitative estimate of drug-likeness (QED) is 0.368. The maximum absolute atomic E-state index is 11.2. The zero-order chi connectivity index (χ0) is 26.2. The van der Waals surface area contributed by atoms with Crippen LogP contribution in [0, 0.1) is 13.8 Å². The number of nitrogens with zero attached hydrogens (tertiary/aromatic N) is 4. The monoisotopic (exact) mass is 508 g/mol. The molecule has 0 aliphatic rings. The van der Waals surface area contributed by atoms with Gasteiger partial charge in [-0.05, 0) is 54.5 Å². The van der Waals surface area contributed by atoms with Crippen molar-refractivity contribution in [2.24, 2.45) is 0 Å². The number of ether oxygens (including phenoxy) is 3. The van der Waals surface area contributed by atoms with Crippen molar-refractivity contribution in [1.82, 2.24) is 19.7 Å². The van der Waals surface area contributed by atoms with Crippen molar-refractivity contribution in [3.63, 3.8) is 0 Å². The molecule has 0 saturated carbocycles. The number of hydrogen-bond donors (Lipinski definition) is 0. The number of aromatic nitrogens is 4. The fraction of sp³-hybridized carbons (Fsp3) is 0.615. The predicted octanol–water partition coefficient (Wildman–Crippen LogP) is 5.12. The molecule has 0 atom stereocenters. The van der Waals surface area contributed by atoms with Crippen LogP contribution >= 0.6 is 0 Å². The molecule has 3 aromatic heterocycles.